The zero-order chi connectivity index (χ0) is 18.5. The number of ether oxygens (including phenoxy) is 1. The average Bonchev–Trinajstić information content (AvgIpc) is 3.25. The molecule has 3 aromatic rings. The monoisotopic (exact) mass is 368 g/mol. The van der Waals surface area contributed by atoms with E-state index in [1.54, 1.807) is 17.4 Å². The summed E-state index contributed by atoms with van der Waals surface area (Å²) in [5.41, 5.74) is 3.06. The number of para-hydroxylation sites is 1. The smallest absolute Gasteiger partial charge is 0.328 e. The summed E-state index contributed by atoms with van der Waals surface area (Å²) in [6, 6.07) is 9.09. The fourth-order valence-corrected chi connectivity index (χ4v) is 3.60. The predicted molar refractivity (Wildman–Crippen MR) is 104 cm³/mol. The van der Waals surface area contributed by atoms with Gasteiger partial charge in [-0.05, 0) is 41.6 Å². The molecule has 0 aliphatic rings. The zero-order valence-corrected chi connectivity index (χ0v) is 15.4. The first-order valence-electron chi connectivity index (χ1n) is 8.24. The molecule has 0 aliphatic heterocycles. The Bertz CT molecular complexity index is 955. The molecule has 26 heavy (non-hydrogen) atoms. The van der Waals surface area contributed by atoms with Crippen LogP contribution in [0.4, 0.5) is 0 Å². The molecule has 0 spiro atoms. The first kappa shape index (κ1) is 17.9. The van der Waals surface area contributed by atoms with E-state index in [-0.39, 0.29) is 5.91 Å². The highest BCUT2D eigenvalue weighted by Crippen LogP contribution is 2.20. The molecule has 2 heterocycles. The largest absolute Gasteiger partial charge is 0.467 e. The predicted octanol–water partition coefficient (Wildman–Crippen LogP) is 3.45. The summed E-state index contributed by atoms with van der Waals surface area (Å²) in [7, 11) is 1.32. The van der Waals surface area contributed by atoms with E-state index < -0.39 is 12.0 Å². The number of benzene rings is 1. The molecule has 1 atom stereocenters. The zero-order valence-electron chi connectivity index (χ0n) is 14.6. The molecule has 2 aromatic heterocycles. The van der Waals surface area contributed by atoms with E-state index in [1.807, 2.05) is 48.8 Å². The molecular weight excluding hydrogens is 348 g/mol. The molecule has 1 unspecified atom stereocenters. The van der Waals surface area contributed by atoms with Crippen molar-refractivity contribution in [3.05, 3.63) is 64.0 Å². The number of nitrogens with one attached hydrogen (secondary N) is 2. The van der Waals surface area contributed by atoms with Gasteiger partial charge in [0.1, 0.15) is 6.04 Å². The molecule has 6 heteroatoms. The molecule has 0 bridgehead atoms. The van der Waals surface area contributed by atoms with Crippen molar-refractivity contribution in [3.63, 3.8) is 0 Å². The Morgan fingerprint density at radius 3 is 2.85 bits per heavy atom. The fourth-order valence-electron chi connectivity index (χ4n) is 2.78. The maximum Gasteiger partial charge on any atom is 0.328 e. The van der Waals surface area contributed by atoms with Crippen LogP contribution in [0.5, 0.6) is 0 Å². The lowest BCUT2D eigenvalue weighted by Crippen LogP contribution is -2.42. The van der Waals surface area contributed by atoms with Crippen molar-refractivity contribution in [1.82, 2.24) is 10.3 Å². The number of carbonyl (C=O) groups is 2. The fraction of sp³-hybridized carbons (Fsp3) is 0.200. The SMILES string of the molecule is COC(=O)C(Cc1c[nH]c2ccccc12)NC(=O)C=Cc1sccc1C. The minimum Gasteiger partial charge on any atom is -0.467 e. The molecule has 1 amide bonds. The molecule has 0 saturated heterocycles. The Labute approximate surface area is 155 Å². The number of fused-ring (bicyclic) bond motifs is 1. The molecular formula is C20H20N2O3S. The second-order valence-electron chi connectivity index (χ2n) is 5.95. The summed E-state index contributed by atoms with van der Waals surface area (Å²) in [5.74, 6) is -0.794. The summed E-state index contributed by atoms with van der Waals surface area (Å²) in [4.78, 5) is 28.6. The van der Waals surface area contributed by atoms with Gasteiger partial charge in [0.25, 0.3) is 0 Å². The van der Waals surface area contributed by atoms with E-state index >= 15 is 0 Å². The van der Waals surface area contributed by atoms with Gasteiger partial charge in [-0.15, -0.1) is 11.3 Å². The van der Waals surface area contributed by atoms with Crippen molar-refractivity contribution in [2.75, 3.05) is 7.11 Å². The highest BCUT2D eigenvalue weighted by Gasteiger charge is 2.22. The molecule has 0 aliphatic carbocycles. The van der Waals surface area contributed by atoms with Crippen molar-refractivity contribution >= 4 is 40.2 Å². The summed E-state index contributed by atoms with van der Waals surface area (Å²) >= 11 is 1.56. The number of esters is 1. The van der Waals surface area contributed by atoms with Crippen LogP contribution < -0.4 is 5.32 Å². The second-order valence-corrected chi connectivity index (χ2v) is 6.90. The van der Waals surface area contributed by atoms with Crippen LogP contribution >= 0.6 is 11.3 Å². The normalized spacial score (nSPS) is 12.4. The third-order valence-electron chi connectivity index (χ3n) is 4.19. The van der Waals surface area contributed by atoms with E-state index in [1.165, 1.54) is 13.2 Å². The number of hydrogen-bond donors (Lipinski definition) is 2. The summed E-state index contributed by atoms with van der Waals surface area (Å²) in [6.07, 6.45) is 5.42. The number of methoxy groups -OCH3 is 1. The van der Waals surface area contributed by atoms with Crippen LogP contribution in [-0.2, 0) is 20.7 Å². The van der Waals surface area contributed by atoms with E-state index in [2.05, 4.69) is 10.3 Å². The highest BCUT2D eigenvalue weighted by molar-refractivity contribution is 7.11. The minimum atomic E-state index is -0.749. The summed E-state index contributed by atoms with van der Waals surface area (Å²) in [5, 5.41) is 5.74. The van der Waals surface area contributed by atoms with Gasteiger partial charge in [-0.25, -0.2) is 4.79 Å². The van der Waals surface area contributed by atoms with Crippen LogP contribution in [-0.4, -0.2) is 30.0 Å². The Morgan fingerprint density at radius 2 is 2.12 bits per heavy atom. The van der Waals surface area contributed by atoms with Gasteiger partial charge < -0.3 is 15.0 Å². The van der Waals surface area contributed by atoms with Crippen molar-refractivity contribution < 1.29 is 14.3 Å². The molecule has 134 valence electrons. The number of carbonyl (C=O) groups excluding carboxylic acids is 2. The van der Waals surface area contributed by atoms with Crippen LogP contribution in [0.1, 0.15) is 16.0 Å². The molecule has 1 aromatic carbocycles. The average molecular weight is 368 g/mol. The van der Waals surface area contributed by atoms with E-state index in [0.29, 0.717) is 6.42 Å². The van der Waals surface area contributed by atoms with Gasteiger partial charge in [0.15, 0.2) is 0 Å². The number of aryl methyl sites for hydroxylation is 1. The van der Waals surface area contributed by atoms with Crippen LogP contribution in [0.3, 0.4) is 0 Å². The van der Waals surface area contributed by atoms with E-state index in [9.17, 15) is 9.59 Å². The number of amides is 1. The van der Waals surface area contributed by atoms with Gasteiger partial charge in [-0.3, -0.25) is 4.79 Å². The first-order chi connectivity index (χ1) is 12.6. The quantitative estimate of drug-likeness (QED) is 0.517. The van der Waals surface area contributed by atoms with Crippen molar-refractivity contribution in [3.8, 4) is 0 Å². The molecule has 0 saturated carbocycles. The molecule has 5 nitrogen and oxygen atoms in total. The van der Waals surface area contributed by atoms with Crippen molar-refractivity contribution in [2.45, 2.75) is 19.4 Å². The van der Waals surface area contributed by atoms with Crippen LogP contribution in [0.2, 0.25) is 0 Å². The lowest BCUT2D eigenvalue weighted by atomic mass is 10.0. The minimum absolute atomic E-state index is 0.326. The van der Waals surface area contributed by atoms with Crippen LogP contribution in [0.25, 0.3) is 17.0 Å². The Kier molecular flexibility index (Phi) is 5.53. The number of hydrogen-bond acceptors (Lipinski definition) is 4. The van der Waals surface area contributed by atoms with Crippen molar-refractivity contribution in [2.24, 2.45) is 0 Å². The number of thiophene rings is 1. The van der Waals surface area contributed by atoms with Gasteiger partial charge in [0.05, 0.1) is 7.11 Å². The van der Waals surface area contributed by atoms with E-state index in [0.717, 1.165) is 26.9 Å². The van der Waals surface area contributed by atoms with Gasteiger partial charge in [-0.1, -0.05) is 18.2 Å². The number of aromatic nitrogens is 1. The van der Waals surface area contributed by atoms with Crippen molar-refractivity contribution in [1.29, 1.82) is 0 Å². The van der Waals surface area contributed by atoms with Crippen LogP contribution in [0, 0.1) is 6.92 Å². The van der Waals surface area contributed by atoms with Gasteiger partial charge in [-0.2, -0.15) is 0 Å². The Hall–Kier alpha value is -2.86. The first-order valence-corrected chi connectivity index (χ1v) is 9.12. The molecule has 3 rings (SSSR count). The standard InChI is InChI=1S/C20H20N2O3S/c1-13-9-10-26-18(13)7-8-19(23)22-17(20(24)25-2)11-14-12-21-16-6-4-3-5-15(14)16/h3-10,12,17,21H,11H2,1-2H3,(H,22,23). The highest BCUT2D eigenvalue weighted by atomic mass is 32.1. The third kappa shape index (κ3) is 4.03. The molecule has 0 fully saturated rings. The maximum absolute atomic E-state index is 12.3. The van der Waals surface area contributed by atoms with Crippen LogP contribution in [0.15, 0.2) is 48.0 Å². The molecule has 2 N–H and O–H groups in total. The molecule has 0 radical (unpaired) electrons. The Balaban J connectivity index is 1.74. The van der Waals surface area contributed by atoms with Gasteiger partial charge >= 0.3 is 5.97 Å². The third-order valence-corrected chi connectivity index (χ3v) is 5.17. The summed E-state index contributed by atoms with van der Waals surface area (Å²) < 4.78 is 4.86. The number of H-pyrrole nitrogens is 1. The Morgan fingerprint density at radius 1 is 1.31 bits per heavy atom. The number of aromatic amines is 1. The lowest BCUT2D eigenvalue weighted by Gasteiger charge is -2.15. The van der Waals surface area contributed by atoms with Gasteiger partial charge in [0.2, 0.25) is 5.91 Å². The number of rotatable bonds is 6. The van der Waals surface area contributed by atoms with E-state index in [4.69, 9.17) is 4.74 Å². The topological polar surface area (TPSA) is 71.2 Å². The van der Waals surface area contributed by atoms with Gasteiger partial charge in [0, 0.05) is 34.5 Å². The second kappa shape index (κ2) is 8.01. The lowest BCUT2D eigenvalue weighted by molar-refractivity contribution is -0.144. The summed E-state index contributed by atoms with van der Waals surface area (Å²) in [6.45, 7) is 1.99. The maximum atomic E-state index is 12.3.